The van der Waals surface area contributed by atoms with E-state index in [1.54, 1.807) is 12.1 Å². The van der Waals surface area contributed by atoms with Crippen LogP contribution in [-0.4, -0.2) is 55.4 Å². The molecule has 0 aliphatic heterocycles. The number of nitrogens with zero attached hydrogens (tertiary/aromatic N) is 1. The summed E-state index contributed by atoms with van der Waals surface area (Å²) in [5, 5.41) is 20.3. The predicted molar refractivity (Wildman–Crippen MR) is 118 cm³/mol. The fourth-order valence-electron chi connectivity index (χ4n) is 3.73. The van der Waals surface area contributed by atoms with Crippen LogP contribution in [0.2, 0.25) is 39.3 Å². The highest BCUT2D eigenvalue weighted by molar-refractivity contribution is 6.90. The molecule has 0 radical (unpaired) electrons. The van der Waals surface area contributed by atoms with Crippen molar-refractivity contribution in [3.05, 3.63) is 35.4 Å². The van der Waals surface area contributed by atoms with Crippen LogP contribution in [-0.2, 0) is 11.2 Å². The molecule has 0 aliphatic rings. The smallest absolute Gasteiger partial charge is 0.456 e. The van der Waals surface area contributed by atoms with Gasteiger partial charge >= 0.3 is 13.1 Å². The number of carbonyl (C=O) groups excluding carboxylic acids is 1. The molecule has 1 aromatic carbocycles. The third kappa shape index (κ3) is 7.54. The van der Waals surface area contributed by atoms with E-state index in [2.05, 4.69) is 43.5 Å². The maximum absolute atomic E-state index is 12.4. The second-order valence-corrected chi connectivity index (χ2v) is 20.2. The van der Waals surface area contributed by atoms with Gasteiger partial charge in [-0.1, -0.05) is 51.4 Å². The van der Waals surface area contributed by atoms with Crippen molar-refractivity contribution >= 4 is 29.6 Å². The van der Waals surface area contributed by atoms with Crippen LogP contribution in [0, 0.1) is 0 Å². The Hall–Kier alpha value is -0.931. The zero-order chi connectivity index (χ0) is 21.2. The molecule has 0 fully saturated rings. The lowest BCUT2D eigenvalue weighted by Gasteiger charge is -2.48. The topological polar surface area (TPSA) is 70.0 Å². The zero-order valence-corrected chi connectivity index (χ0v) is 20.3. The summed E-state index contributed by atoms with van der Waals surface area (Å²) < 4.78 is 7.85. The number of hydrogen-bond donors (Lipinski definition) is 2. The average Bonchev–Trinajstić information content (AvgIpc) is 2.42. The third-order valence-corrected chi connectivity index (χ3v) is 11.7. The molecule has 1 aromatic rings. The SMILES string of the molecule is CC(C)(C)OC(=O)c1cccc(C[C@@H](B(O)O)N([Si](C)(C)C)[Si](C)(C)C)c1. The van der Waals surface area contributed by atoms with Crippen molar-refractivity contribution in [2.45, 2.75) is 78.0 Å². The lowest BCUT2D eigenvalue weighted by atomic mass is 9.76. The second-order valence-electron chi connectivity index (χ2n) is 10.1. The van der Waals surface area contributed by atoms with Crippen molar-refractivity contribution in [3.63, 3.8) is 0 Å². The number of carbonyl (C=O) groups is 1. The van der Waals surface area contributed by atoms with Gasteiger partial charge in [0.2, 0.25) is 0 Å². The third-order valence-electron chi connectivity index (χ3n) is 4.13. The molecule has 0 amide bonds. The second kappa shape index (κ2) is 8.61. The van der Waals surface area contributed by atoms with Crippen LogP contribution in [0.1, 0.15) is 36.7 Å². The summed E-state index contributed by atoms with van der Waals surface area (Å²) in [5.74, 6) is -0.755. The van der Waals surface area contributed by atoms with Crippen LogP contribution in [0.3, 0.4) is 0 Å². The average molecular weight is 409 g/mol. The van der Waals surface area contributed by atoms with Crippen LogP contribution in [0.4, 0.5) is 0 Å². The highest BCUT2D eigenvalue weighted by atomic mass is 28.4. The molecule has 2 N–H and O–H groups in total. The monoisotopic (exact) mass is 409 g/mol. The highest BCUT2D eigenvalue weighted by Crippen LogP contribution is 2.26. The first kappa shape index (κ1) is 24.1. The van der Waals surface area contributed by atoms with E-state index >= 15 is 0 Å². The first-order chi connectivity index (χ1) is 12.0. The molecular weight excluding hydrogens is 373 g/mol. The summed E-state index contributed by atoms with van der Waals surface area (Å²) in [6, 6.07) is 7.28. The van der Waals surface area contributed by atoms with E-state index in [-0.39, 0.29) is 5.97 Å². The summed E-state index contributed by atoms with van der Waals surface area (Å²) in [4.78, 5) is 12.4. The van der Waals surface area contributed by atoms with Crippen molar-refractivity contribution < 1.29 is 19.6 Å². The van der Waals surface area contributed by atoms with Crippen LogP contribution in [0.15, 0.2) is 24.3 Å². The van der Waals surface area contributed by atoms with Crippen molar-refractivity contribution in [2.75, 3.05) is 0 Å². The Morgan fingerprint density at radius 1 is 1.11 bits per heavy atom. The van der Waals surface area contributed by atoms with E-state index < -0.39 is 35.1 Å². The normalized spacial score (nSPS) is 14.2. The molecule has 0 aliphatic carbocycles. The number of benzene rings is 1. The standard InChI is InChI=1S/C19H36BNO4Si2/c1-19(2,3)25-18(22)16-12-10-11-15(13-16)14-17(20(23)24)21(26(4,5)6)27(7,8)9/h10-13,17,23-24H,14H2,1-9H3/t17-/m0/s1. The molecule has 0 heterocycles. The van der Waals surface area contributed by atoms with E-state index in [0.717, 1.165) is 5.56 Å². The van der Waals surface area contributed by atoms with Crippen LogP contribution in [0.5, 0.6) is 0 Å². The number of rotatable bonds is 7. The molecule has 1 atom stereocenters. The maximum Gasteiger partial charge on any atom is 0.468 e. The fraction of sp³-hybridized carbons (Fsp3) is 0.632. The van der Waals surface area contributed by atoms with Crippen molar-refractivity contribution in [2.24, 2.45) is 0 Å². The zero-order valence-electron chi connectivity index (χ0n) is 18.3. The van der Waals surface area contributed by atoms with E-state index in [0.29, 0.717) is 12.0 Å². The molecule has 0 saturated carbocycles. The Morgan fingerprint density at radius 3 is 2.04 bits per heavy atom. The first-order valence-electron chi connectivity index (χ1n) is 9.50. The van der Waals surface area contributed by atoms with Crippen LogP contribution in [0.25, 0.3) is 0 Å². The quantitative estimate of drug-likeness (QED) is 0.533. The molecule has 1 rings (SSSR count). The minimum atomic E-state index is -1.79. The van der Waals surface area contributed by atoms with Gasteiger partial charge in [0.15, 0.2) is 0 Å². The summed E-state index contributed by atoms with van der Waals surface area (Å²) in [5.41, 5.74) is 0.836. The Kier molecular flexibility index (Phi) is 7.69. The van der Waals surface area contributed by atoms with Gasteiger partial charge in [-0.25, -0.2) is 4.79 Å². The van der Waals surface area contributed by atoms with E-state index in [1.807, 2.05) is 32.9 Å². The minimum Gasteiger partial charge on any atom is -0.456 e. The lowest BCUT2D eigenvalue weighted by molar-refractivity contribution is 0.00693. The van der Waals surface area contributed by atoms with E-state index in [1.165, 1.54) is 0 Å². The van der Waals surface area contributed by atoms with Gasteiger partial charge in [0, 0.05) is 5.94 Å². The Balaban J connectivity index is 3.18. The maximum atomic E-state index is 12.4. The summed E-state index contributed by atoms with van der Waals surface area (Å²) in [6.07, 6.45) is 0.475. The molecule has 8 heteroatoms. The molecule has 0 spiro atoms. The Bertz CT molecular complexity index is 634. The van der Waals surface area contributed by atoms with Gasteiger partial charge in [-0.2, -0.15) is 0 Å². The van der Waals surface area contributed by atoms with Gasteiger partial charge in [0.25, 0.3) is 0 Å². The van der Waals surface area contributed by atoms with Gasteiger partial charge in [0.05, 0.1) is 5.56 Å². The van der Waals surface area contributed by atoms with Crippen molar-refractivity contribution in [1.82, 2.24) is 4.23 Å². The Labute approximate surface area is 167 Å². The van der Waals surface area contributed by atoms with Crippen molar-refractivity contribution in [1.29, 1.82) is 0 Å². The fourth-order valence-corrected chi connectivity index (χ4v) is 14.2. The van der Waals surface area contributed by atoms with Gasteiger partial charge in [-0.05, 0) is 44.9 Å². The number of hydrogen-bond acceptors (Lipinski definition) is 5. The summed E-state index contributed by atoms with van der Waals surface area (Å²) in [6.45, 7) is 18.9. The highest BCUT2D eigenvalue weighted by Gasteiger charge is 2.43. The van der Waals surface area contributed by atoms with Gasteiger partial charge in [-0.3, -0.25) is 0 Å². The van der Waals surface area contributed by atoms with E-state index in [9.17, 15) is 14.8 Å². The molecular formula is C19H36BNO4Si2. The number of ether oxygens (including phenoxy) is 1. The molecule has 0 unspecified atom stereocenters. The lowest BCUT2D eigenvalue weighted by Crippen LogP contribution is -2.67. The van der Waals surface area contributed by atoms with Gasteiger partial charge in [-0.15, -0.1) is 0 Å². The summed E-state index contributed by atoms with van der Waals surface area (Å²) in [7, 11) is -5.01. The molecule has 152 valence electrons. The predicted octanol–water partition coefficient (Wildman–Crippen LogP) is 3.54. The Morgan fingerprint density at radius 2 is 1.63 bits per heavy atom. The van der Waals surface area contributed by atoms with Crippen LogP contribution < -0.4 is 0 Å². The summed E-state index contributed by atoms with van der Waals surface area (Å²) >= 11 is 0. The minimum absolute atomic E-state index is 0.363. The number of esters is 1. The van der Waals surface area contributed by atoms with Gasteiger partial charge < -0.3 is 19.0 Å². The largest absolute Gasteiger partial charge is 0.468 e. The first-order valence-corrected chi connectivity index (χ1v) is 16.4. The molecule has 0 saturated heterocycles. The molecule has 0 aromatic heterocycles. The van der Waals surface area contributed by atoms with Gasteiger partial charge in [0.1, 0.15) is 22.1 Å². The van der Waals surface area contributed by atoms with Crippen molar-refractivity contribution in [3.8, 4) is 0 Å². The molecule has 5 nitrogen and oxygen atoms in total. The van der Waals surface area contributed by atoms with E-state index in [4.69, 9.17) is 4.74 Å². The molecule has 27 heavy (non-hydrogen) atoms. The van der Waals surface area contributed by atoms with Crippen LogP contribution >= 0.6 is 0 Å². The molecule has 0 bridgehead atoms.